The third-order valence-corrected chi connectivity index (χ3v) is 6.29. The standard InChI is InChI=1S/C14F26/c15-1(5(19,20)3(17,13(35,36)37)9(27,28)11(31,32)7(1,23)24)2(16)6(21,22)4(18,14(38,39)40)10(29,30)12(33,34)8(2,25)26. The summed E-state index contributed by atoms with van der Waals surface area (Å²) in [6, 6.07) is 0. The van der Waals surface area contributed by atoms with Gasteiger partial charge in [-0.05, 0) is 0 Å². The molecule has 0 aromatic rings. The highest BCUT2D eigenvalue weighted by Crippen LogP contribution is 2.82. The molecule has 4 unspecified atom stereocenters. The summed E-state index contributed by atoms with van der Waals surface area (Å²) in [6.07, 6.45) is -17.8. The van der Waals surface area contributed by atoms with Gasteiger partial charge >= 0.3 is 71.1 Å². The van der Waals surface area contributed by atoms with E-state index in [1.54, 1.807) is 0 Å². The van der Waals surface area contributed by atoms with E-state index >= 15 is 8.78 Å². The van der Waals surface area contributed by atoms with Crippen LogP contribution in [0.15, 0.2) is 0 Å². The number of halogens is 26. The lowest BCUT2D eigenvalue weighted by Gasteiger charge is -2.63. The van der Waals surface area contributed by atoms with Crippen molar-refractivity contribution in [2.75, 3.05) is 0 Å². The van der Waals surface area contributed by atoms with E-state index < -0.39 is 82.4 Å². The van der Waals surface area contributed by atoms with Crippen LogP contribution in [0.1, 0.15) is 0 Å². The normalized spacial score (nSPS) is 42.8. The summed E-state index contributed by atoms with van der Waals surface area (Å²) >= 11 is 0. The number of alkyl halides is 26. The van der Waals surface area contributed by atoms with Crippen LogP contribution in [0, 0.1) is 0 Å². The van der Waals surface area contributed by atoms with Gasteiger partial charge in [-0.25, -0.2) is 17.6 Å². The Balaban J connectivity index is 3.46. The molecule has 40 heavy (non-hydrogen) atoms. The Kier molecular flexibility index (Phi) is 6.19. The predicted molar refractivity (Wildman–Crippen MR) is 67.0 cm³/mol. The van der Waals surface area contributed by atoms with Crippen LogP contribution in [0.5, 0.6) is 0 Å². The van der Waals surface area contributed by atoms with E-state index in [9.17, 15) is 105 Å². The number of hydrogen-bond donors (Lipinski definition) is 0. The quantitative estimate of drug-likeness (QED) is 0.250. The molecule has 26 heteroatoms. The van der Waals surface area contributed by atoms with Gasteiger partial charge in [-0.1, -0.05) is 0 Å². The van der Waals surface area contributed by atoms with E-state index in [2.05, 4.69) is 0 Å². The average Bonchev–Trinajstić information content (AvgIpc) is 2.71. The third-order valence-electron chi connectivity index (χ3n) is 6.29. The van der Waals surface area contributed by atoms with Crippen molar-refractivity contribution in [2.45, 2.75) is 82.4 Å². The van der Waals surface area contributed by atoms with E-state index in [1.807, 2.05) is 0 Å². The van der Waals surface area contributed by atoms with Crippen molar-refractivity contribution in [3.8, 4) is 0 Å². The Hall–Kier alpha value is -1.82. The summed E-state index contributed by atoms with van der Waals surface area (Å²) in [4.78, 5) is 0. The minimum atomic E-state index is -10.2. The first-order valence-corrected chi connectivity index (χ1v) is 8.66. The van der Waals surface area contributed by atoms with Crippen LogP contribution in [0.25, 0.3) is 0 Å². The molecule has 238 valence electrons. The zero-order valence-corrected chi connectivity index (χ0v) is 16.8. The van der Waals surface area contributed by atoms with Crippen LogP contribution < -0.4 is 0 Å². The van der Waals surface area contributed by atoms with Crippen molar-refractivity contribution in [1.29, 1.82) is 0 Å². The monoisotopic (exact) mass is 662 g/mol. The van der Waals surface area contributed by atoms with Crippen molar-refractivity contribution in [2.24, 2.45) is 0 Å². The molecule has 2 aliphatic rings. The summed E-state index contributed by atoms with van der Waals surface area (Å²) in [5.41, 5.74) is -39.4. The lowest BCUT2D eigenvalue weighted by atomic mass is 9.52. The number of hydrogen-bond acceptors (Lipinski definition) is 0. The summed E-state index contributed by atoms with van der Waals surface area (Å²) in [5.74, 6) is -75.7. The topological polar surface area (TPSA) is 0 Å². The van der Waals surface area contributed by atoms with Crippen LogP contribution in [0.2, 0.25) is 0 Å². The Morgan fingerprint density at radius 3 is 0.550 bits per heavy atom. The highest BCUT2D eigenvalue weighted by Gasteiger charge is 3.16. The van der Waals surface area contributed by atoms with E-state index in [0.29, 0.717) is 0 Å². The van der Waals surface area contributed by atoms with Crippen molar-refractivity contribution in [3.05, 3.63) is 0 Å². The molecule has 2 saturated carbocycles. The molecule has 2 aliphatic carbocycles. The zero-order valence-electron chi connectivity index (χ0n) is 16.8. The molecule has 0 aliphatic heterocycles. The van der Waals surface area contributed by atoms with E-state index in [1.165, 1.54) is 0 Å². The Bertz CT molecular complexity index is 976. The largest absolute Gasteiger partial charge is 0.435 e. The van der Waals surface area contributed by atoms with Gasteiger partial charge in [-0.3, -0.25) is 0 Å². The zero-order chi connectivity index (χ0) is 33.0. The van der Waals surface area contributed by atoms with Gasteiger partial charge < -0.3 is 0 Å². The summed E-state index contributed by atoms with van der Waals surface area (Å²) in [6.45, 7) is 0. The second kappa shape index (κ2) is 7.21. The molecule has 2 fully saturated rings. The molecule has 0 bridgehead atoms. The first-order valence-electron chi connectivity index (χ1n) is 8.66. The van der Waals surface area contributed by atoms with Gasteiger partial charge in [0.05, 0.1) is 0 Å². The van der Waals surface area contributed by atoms with Crippen LogP contribution in [0.4, 0.5) is 114 Å². The fourth-order valence-electron chi connectivity index (χ4n) is 4.10. The van der Waals surface area contributed by atoms with Crippen molar-refractivity contribution >= 4 is 0 Å². The maximum atomic E-state index is 15.1. The molecule has 4 atom stereocenters. The maximum absolute atomic E-state index is 15.1. The molecule has 0 spiro atoms. The average molecular weight is 662 g/mol. The van der Waals surface area contributed by atoms with Crippen LogP contribution >= 0.6 is 0 Å². The van der Waals surface area contributed by atoms with Crippen LogP contribution in [-0.2, 0) is 0 Å². The predicted octanol–water partition coefficient (Wildman–Crippen LogP) is 8.05. The van der Waals surface area contributed by atoms with E-state index in [-0.39, 0.29) is 0 Å². The van der Waals surface area contributed by atoms with E-state index in [4.69, 9.17) is 0 Å². The Morgan fingerprint density at radius 1 is 0.225 bits per heavy atom. The van der Waals surface area contributed by atoms with Crippen molar-refractivity contribution in [3.63, 3.8) is 0 Å². The van der Waals surface area contributed by atoms with Gasteiger partial charge in [0.2, 0.25) is 0 Å². The molecule has 0 aromatic carbocycles. The molecule has 0 aromatic heterocycles. The molecule has 0 amide bonds. The van der Waals surface area contributed by atoms with Gasteiger partial charge in [-0.15, -0.1) is 0 Å². The fraction of sp³-hybridized carbons (Fsp3) is 1.00. The van der Waals surface area contributed by atoms with Gasteiger partial charge in [0.25, 0.3) is 11.3 Å². The lowest BCUT2D eigenvalue weighted by molar-refractivity contribution is -0.558. The molecule has 0 heterocycles. The Morgan fingerprint density at radius 2 is 0.400 bits per heavy atom. The minimum absolute atomic E-state index is 8.91. The second-order valence-corrected chi connectivity index (χ2v) is 8.22. The minimum Gasteiger partial charge on any atom is -0.226 e. The molecular formula is C14F26. The van der Waals surface area contributed by atoms with Gasteiger partial charge in [0, 0.05) is 0 Å². The SMILES string of the molecule is FC(F)(F)C1(F)C(F)(F)C(F)(F)C(F)(F)C(F)(C2(F)C(F)(F)C(F)(F)C(F)(F)C(F)(C(F)(F)F)C2(F)F)C1(F)F. The van der Waals surface area contributed by atoms with Crippen LogP contribution in [0.3, 0.4) is 0 Å². The molecular weight excluding hydrogens is 662 g/mol. The molecule has 0 nitrogen and oxygen atoms in total. The summed E-state index contributed by atoms with van der Waals surface area (Å²) in [5, 5.41) is 0. The number of rotatable bonds is 1. The molecule has 0 N–H and O–H groups in total. The second-order valence-electron chi connectivity index (χ2n) is 8.22. The van der Waals surface area contributed by atoms with Gasteiger partial charge in [0.1, 0.15) is 0 Å². The fourth-order valence-corrected chi connectivity index (χ4v) is 4.10. The lowest BCUT2D eigenvalue weighted by Crippen LogP contribution is -2.99. The van der Waals surface area contributed by atoms with Crippen LogP contribution in [-0.4, -0.2) is 82.4 Å². The first kappa shape index (κ1) is 34.4. The van der Waals surface area contributed by atoms with Gasteiger partial charge in [-0.2, -0.15) is 96.6 Å². The first-order chi connectivity index (χ1) is 16.8. The summed E-state index contributed by atoms with van der Waals surface area (Å²) in [7, 11) is 0. The van der Waals surface area contributed by atoms with Crippen molar-refractivity contribution < 1.29 is 114 Å². The van der Waals surface area contributed by atoms with Crippen molar-refractivity contribution in [1.82, 2.24) is 0 Å². The third kappa shape index (κ3) is 2.52. The Labute approximate surface area is 198 Å². The summed E-state index contributed by atoms with van der Waals surface area (Å²) < 4.78 is 358. The maximum Gasteiger partial charge on any atom is 0.435 e. The highest BCUT2D eigenvalue weighted by atomic mass is 19.4. The van der Waals surface area contributed by atoms with Gasteiger partial charge in [0.15, 0.2) is 0 Å². The highest BCUT2D eigenvalue weighted by molar-refractivity contribution is 5.44. The van der Waals surface area contributed by atoms with E-state index in [0.717, 1.165) is 0 Å². The molecule has 2 rings (SSSR count). The smallest absolute Gasteiger partial charge is 0.226 e. The molecule has 0 radical (unpaired) electrons. The molecule has 0 saturated heterocycles.